The Balaban J connectivity index is 2.06. The summed E-state index contributed by atoms with van der Waals surface area (Å²) in [5, 5.41) is 12.7. The van der Waals surface area contributed by atoms with Gasteiger partial charge in [0.2, 0.25) is 0 Å². The first kappa shape index (κ1) is 14.1. The van der Waals surface area contributed by atoms with E-state index in [1.165, 1.54) is 0 Å². The Morgan fingerprint density at radius 3 is 2.50 bits per heavy atom. The van der Waals surface area contributed by atoms with E-state index in [1.54, 1.807) is 7.11 Å². The number of hydrogen-bond acceptors (Lipinski definition) is 3. The van der Waals surface area contributed by atoms with Gasteiger partial charge in [-0.05, 0) is 11.6 Å². The number of methoxy groups -OCH3 is 1. The molecule has 0 radical (unpaired) electrons. The van der Waals surface area contributed by atoms with Gasteiger partial charge in [0.1, 0.15) is 0 Å². The molecule has 0 fully saturated rings. The van der Waals surface area contributed by atoms with Crippen molar-refractivity contribution in [2.75, 3.05) is 19.0 Å². The lowest BCUT2D eigenvalue weighted by atomic mass is 10.0. The van der Waals surface area contributed by atoms with Crippen LogP contribution in [-0.4, -0.2) is 13.7 Å². The van der Waals surface area contributed by atoms with E-state index in [1.807, 2.05) is 54.6 Å². The number of nitrogens with one attached hydrogen (secondary N) is 1. The number of benzene rings is 2. The summed E-state index contributed by atoms with van der Waals surface area (Å²) in [5.41, 5.74) is 3.15. The quantitative estimate of drug-likeness (QED) is 0.869. The molecule has 2 rings (SSSR count). The molecule has 3 nitrogen and oxygen atoms in total. The van der Waals surface area contributed by atoms with Crippen LogP contribution in [0.15, 0.2) is 54.6 Å². The molecule has 1 atom stereocenters. The maximum Gasteiger partial charge on any atom is 0.0885 e. The van der Waals surface area contributed by atoms with Gasteiger partial charge >= 0.3 is 0 Å². The Hall–Kier alpha value is -2.31. The summed E-state index contributed by atoms with van der Waals surface area (Å²) in [4.78, 5) is 0. The van der Waals surface area contributed by atoms with Crippen LogP contribution in [-0.2, 0) is 11.3 Å². The zero-order chi connectivity index (χ0) is 14.2. The number of rotatable bonds is 6. The maximum atomic E-state index is 9.32. The van der Waals surface area contributed by atoms with Gasteiger partial charge in [-0.1, -0.05) is 48.5 Å². The highest BCUT2D eigenvalue weighted by atomic mass is 16.5. The fourth-order valence-electron chi connectivity index (χ4n) is 2.11. The zero-order valence-corrected chi connectivity index (χ0v) is 11.5. The molecular formula is C17H18N2O. The molecule has 0 saturated heterocycles. The number of nitrogens with zero attached hydrogens (tertiary/aromatic N) is 1. The van der Waals surface area contributed by atoms with Crippen LogP contribution in [0.25, 0.3) is 0 Å². The highest BCUT2D eigenvalue weighted by molar-refractivity contribution is 5.51. The first-order chi connectivity index (χ1) is 9.85. The molecule has 2 aromatic carbocycles. The van der Waals surface area contributed by atoms with Gasteiger partial charge in [-0.15, -0.1) is 0 Å². The van der Waals surface area contributed by atoms with Crippen molar-refractivity contribution in [3.63, 3.8) is 0 Å². The van der Waals surface area contributed by atoms with E-state index in [9.17, 15) is 5.26 Å². The Bertz CT molecular complexity index is 575. The minimum Gasteiger partial charge on any atom is -0.383 e. The minimum atomic E-state index is -0.160. The molecule has 0 amide bonds. The summed E-state index contributed by atoms with van der Waals surface area (Å²) >= 11 is 0. The van der Waals surface area contributed by atoms with Gasteiger partial charge < -0.3 is 10.1 Å². The third kappa shape index (κ3) is 3.59. The van der Waals surface area contributed by atoms with Gasteiger partial charge in [-0.2, -0.15) is 5.26 Å². The van der Waals surface area contributed by atoms with E-state index in [0.717, 1.165) is 16.8 Å². The van der Waals surface area contributed by atoms with Gasteiger partial charge in [0.05, 0.1) is 18.6 Å². The van der Waals surface area contributed by atoms with Crippen molar-refractivity contribution in [2.24, 2.45) is 0 Å². The van der Waals surface area contributed by atoms with Crippen LogP contribution in [0.1, 0.15) is 17.0 Å². The van der Waals surface area contributed by atoms with Crippen LogP contribution in [0.3, 0.4) is 0 Å². The van der Waals surface area contributed by atoms with E-state index in [2.05, 4.69) is 11.4 Å². The molecule has 0 aliphatic carbocycles. The molecule has 0 saturated carbocycles. The van der Waals surface area contributed by atoms with Gasteiger partial charge in [-0.3, -0.25) is 0 Å². The first-order valence-corrected chi connectivity index (χ1v) is 6.60. The second-order valence-electron chi connectivity index (χ2n) is 4.56. The predicted molar refractivity (Wildman–Crippen MR) is 80.4 cm³/mol. The molecule has 102 valence electrons. The molecule has 0 bridgehead atoms. The fourth-order valence-corrected chi connectivity index (χ4v) is 2.11. The molecule has 0 aliphatic rings. The second kappa shape index (κ2) is 7.32. The standard InChI is InChI=1S/C17H18N2O/c1-20-13-15-9-5-6-10-17(15)19-12-16(11-18)14-7-3-2-4-8-14/h2-10,16,19H,12-13H2,1H3. The van der Waals surface area contributed by atoms with Crippen LogP contribution < -0.4 is 5.32 Å². The molecular weight excluding hydrogens is 248 g/mol. The van der Waals surface area contributed by atoms with Gasteiger partial charge in [0, 0.05) is 24.9 Å². The second-order valence-corrected chi connectivity index (χ2v) is 4.56. The molecule has 0 heterocycles. The summed E-state index contributed by atoms with van der Waals surface area (Å²) in [5.74, 6) is -0.160. The number of para-hydroxylation sites is 1. The summed E-state index contributed by atoms with van der Waals surface area (Å²) in [6, 6.07) is 20.2. The van der Waals surface area contributed by atoms with Gasteiger partial charge in [0.25, 0.3) is 0 Å². The number of nitriles is 1. The Labute approximate surface area is 119 Å². The summed E-state index contributed by atoms with van der Waals surface area (Å²) < 4.78 is 5.18. The Kier molecular flexibility index (Phi) is 5.16. The van der Waals surface area contributed by atoms with Crippen LogP contribution >= 0.6 is 0 Å². The Morgan fingerprint density at radius 2 is 1.80 bits per heavy atom. The van der Waals surface area contributed by atoms with Crippen molar-refractivity contribution in [1.29, 1.82) is 5.26 Å². The smallest absolute Gasteiger partial charge is 0.0885 e. The largest absolute Gasteiger partial charge is 0.383 e. The van der Waals surface area contributed by atoms with Crippen molar-refractivity contribution in [2.45, 2.75) is 12.5 Å². The van der Waals surface area contributed by atoms with Crippen molar-refractivity contribution in [3.05, 3.63) is 65.7 Å². The van der Waals surface area contributed by atoms with Crippen molar-refractivity contribution in [1.82, 2.24) is 0 Å². The summed E-state index contributed by atoms with van der Waals surface area (Å²) in [6.45, 7) is 1.15. The van der Waals surface area contributed by atoms with Crippen molar-refractivity contribution < 1.29 is 4.74 Å². The SMILES string of the molecule is COCc1ccccc1NCC(C#N)c1ccccc1. The van der Waals surface area contributed by atoms with E-state index in [0.29, 0.717) is 13.2 Å². The topological polar surface area (TPSA) is 45.0 Å². The summed E-state index contributed by atoms with van der Waals surface area (Å²) in [7, 11) is 1.68. The third-order valence-corrected chi connectivity index (χ3v) is 3.17. The molecule has 1 unspecified atom stereocenters. The molecule has 3 heteroatoms. The Morgan fingerprint density at radius 1 is 1.10 bits per heavy atom. The summed E-state index contributed by atoms with van der Waals surface area (Å²) in [6.07, 6.45) is 0. The predicted octanol–water partition coefficient (Wildman–Crippen LogP) is 3.55. The first-order valence-electron chi connectivity index (χ1n) is 6.60. The maximum absolute atomic E-state index is 9.32. The third-order valence-electron chi connectivity index (χ3n) is 3.17. The van der Waals surface area contributed by atoms with E-state index >= 15 is 0 Å². The zero-order valence-electron chi connectivity index (χ0n) is 11.5. The average molecular weight is 266 g/mol. The lowest BCUT2D eigenvalue weighted by Crippen LogP contribution is -2.12. The molecule has 0 spiro atoms. The molecule has 2 aromatic rings. The number of ether oxygens (including phenoxy) is 1. The van der Waals surface area contributed by atoms with Crippen molar-refractivity contribution >= 4 is 5.69 Å². The number of hydrogen-bond donors (Lipinski definition) is 1. The van der Waals surface area contributed by atoms with Gasteiger partial charge in [0.15, 0.2) is 0 Å². The van der Waals surface area contributed by atoms with Crippen LogP contribution in [0.4, 0.5) is 5.69 Å². The number of anilines is 1. The lowest BCUT2D eigenvalue weighted by Gasteiger charge is -2.14. The van der Waals surface area contributed by atoms with Crippen molar-refractivity contribution in [3.8, 4) is 6.07 Å². The molecule has 20 heavy (non-hydrogen) atoms. The van der Waals surface area contributed by atoms with E-state index in [-0.39, 0.29) is 5.92 Å². The van der Waals surface area contributed by atoms with Gasteiger partial charge in [-0.25, -0.2) is 0 Å². The van der Waals surface area contributed by atoms with E-state index < -0.39 is 0 Å². The fraction of sp³-hybridized carbons (Fsp3) is 0.235. The minimum absolute atomic E-state index is 0.160. The van der Waals surface area contributed by atoms with Crippen LogP contribution in [0, 0.1) is 11.3 Å². The monoisotopic (exact) mass is 266 g/mol. The highest BCUT2D eigenvalue weighted by Crippen LogP contribution is 2.19. The molecule has 0 aromatic heterocycles. The van der Waals surface area contributed by atoms with Crippen LogP contribution in [0.2, 0.25) is 0 Å². The van der Waals surface area contributed by atoms with Crippen LogP contribution in [0.5, 0.6) is 0 Å². The highest BCUT2D eigenvalue weighted by Gasteiger charge is 2.10. The normalized spacial score (nSPS) is 11.6. The average Bonchev–Trinajstić information content (AvgIpc) is 2.51. The lowest BCUT2D eigenvalue weighted by molar-refractivity contribution is 0.185. The van der Waals surface area contributed by atoms with E-state index in [4.69, 9.17) is 4.74 Å². The molecule has 1 N–H and O–H groups in total. The molecule has 0 aliphatic heterocycles.